The van der Waals surface area contributed by atoms with Crippen LogP contribution in [-0.4, -0.2) is 24.3 Å². The zero-order valence-electron chi connectivity index (χ0n) is 10.5. The molecule has 0 aromatic heterocycles. The minimum absolute atomic E-state index is 0.171. The van der Waals surface area contributed by atoms with Crippen LogP contribution in [0.25, 0.3) is 0 Å². The fourth-order valence-electron chi connectivity index (χ4n) is 2.09. The molecular weight excluding hydrogens is 198 g/mol. The van der Waals surface area contributed by atoms with Crippen molar-refractivity contribution in [3.63, 3.8) is 0 Å². The molecule has 2 nitrogen and oxygen atoms in total. The molecule has 0 saturated carbocycles. The van der Waals surface area contributed by atoms with Crippen molar-refractivity contribution >= 4 is 0 Å². The third-order valence-electron chi connectivity index (χ3n) is 3.29. The van der Waals surface area contributed by atoms with E-state index in [1.165, 1.54) is 5.56 Å². The summed E-state index contributed by atoms with van der Waals surface area (Å²) in [6.45, 7) is 4.33. The van der Waals surface area contributed by atoms with Gasteiger partial charge in [0, 0.05) is 6.04 Å². The molecule has 2 heteroatoms. The number of benzene rings is 1. The van der Waals surface area contributed by atoms with Crippen molar-refractivity contribution in [2.75, 3.05) is 7.05 Å². The van der Waals surface area contributed by atoms with Crippen molar-refractivity contribution in [2.24, 2.45) is 5.92 Å². The van der Waals surface area contributed by atoms with E-state index in [0.717, 1.165) is 12.8 Å². The van der Waals surface area contributed by atoms with Crippen LogP contribution in [0.4, 0.5) is 0 Å². The highest BCUT2D eigenvalue weighted by Crippen LogP contribution is 2.14. The van der Waals surface area contributed by atoms with E-state index in [-0.39, 0.29) is 12.1 Å². The Bertz CT molecular complexity index is 286. The maximum atomic E-state index is 10.2. The Morgan fingerprint density at radius 2 is 1.88 bits per heavy atom. The maximum absolute atomic E-state index is 10.2. The van der Waals surface area contributed by atoms with Crippen molar-refractivity contribution in [1.82, 2.24) is 5.32 Å². The third-order valence-corrected chi connectivity index (χ3v) is 3.29. The fourth-order valence-corrected chi connectivity index (χ4v) is 2.09. The summed E-state index contributed by atoms with van der Waals surface area (Å²) < 4.78 is 0. The second-order valence-corrected chi connectivity index (χ2v) is 4.46. The molecule has 0 spiro atoms. The number of nitrogens with one attached hydrogen (secondary N) is 1. The molecule has 0 amide bonds. The largest absolute Gasteiger partial charge is 0.391 e. The van der Waals surface area contributed by atoms with E-state index in [2.05, 4.69) is 31.3 Å². The predicted octanol–water partition coefficient (Wildman–Crippen LogP) is 2.22. The summed E-state index contributed by atoms with van der Waals surface area (Å²) in [7, 11) is 1.92. The number of likely N-dealkylation sites (N-methyl/N-ethyl adjacent to an activating group) is 1. The van der Waals surface area contributed by atoms with E-state index in [9.17, 15) is 5.11 Å². The van der Waals surface area contributed by atoms with Gasteiger partial charge in [0.2, 0.25) is 0 Å². The molecule has 0 saturated heterocycles. The number of aliphatic hydroxyl groups is 1. The Morgan fingerprint density at radius 1 is 1.25 bits per heavy atom. The molecule has 0 bridgehead atoms. The molecule has 0 aliphatic rings. The number of hydrogen-bond acceptors (Lipinski definition) is 2. The summed E-state index contributed by atoms with van der Waals surface area (Å²) in [4.78, 5) is 0. The Hall–Kier alpha value is -0.860. The predicted molar refractivity (Wildman–Crippen MR) is 68.5 cm³/mol. The highest BCUT2D eigenvalue weighted by atomic mass is 16.3. The molecule has 0 radical (unpaired) electrons. The molecule has 90 valence electrons. The number of hydrogen-bond donors (Lipinski definition) is 2. The molecule has 2 N–H and O–H groups in total. The van der Waals surface area contributed by atoms with Gasteiger partial charge in [-0.25, -0.2) is 0 Å². The van der Waals surface area contributed by atoms with Crippen molar-refractivity contribution in [2.45, 2.75) is 38.8 Å². The quantitative estimate of drug-likeness (QED) is 0.772. The van der Waals surface area contributed by atoms with Gasteiger partial charge < -0.3 is 10.4 Å². The molecule has 16 heavy (non-hydrogen) atoms. The normalized spacial score (nSPS) is 16.8. The van der Waals surface area contributed by atoms with E-state index < -0.39 is 0 Å². The van der Waals surface area contributed by atoms with Crippen LogP contribution in [0.5, 0.6) is 0 Å². The molecule has 0 fully saturated rings. The topological polar surface area (TPSA) is 32.3 Å². The average Bonchev–Trinajstić information content (AvgIpc) is 2.31. The van der Waals surface area contributed by atoms with Gasteiger partial charge in [-0.3, -0.25) is 0 Å². The lowest BCUT2D eigenvalue weighted by Crippen LogP contribution is -2.43. The maximum Gasteiger partial charge on any atom is 0.0735 e. The number of aliphatic hydroxyl groups excluding tert-OH is 1. The lowest BCUT2D eigenvalue weighted by molar-refractivity contribution is 0.104. The van der Waals surface area contributed by atoms with Crippen molar-refractivity contribution in [3.8, 4) is 0 Å². The summed E-state index contributed by atoms with van der Waals surface area (Å²) in [5.41, 5.74) is 1.19. The van der Waals surface area contributed by atoms with Crippen LogP contribution in [0.3, 0.4) is 0 Å². The van der Waals surface area contributed by atoms with Gasteiger partial charge in [0.1, 0.15) is 0 Å². The molecule has 0 aliphatic heterocycles. The first-order valence-corrected chi connectivity index (χ1v) is 6.08. The first kappa shape index (κ1) is 13.2. The first-order valence-electron chi connectivity index (χ1n) is 6.08. The average molecular weight is 221 g/mol. The van der Waals surface area contributed by atoms with Gasteiger partial charge in [0.05, 0.1) is 6.10 Å². The molecular formula is C14H23NO. The van der Waals surface area contributed by atoms with Gasteiger partial charge in [-0.05, 0) is 24.9 Å². The highest BCUT2D eigenvalue weighted by Gasteiger charge is 2.22. The summed E-state index contributed by atoms with van der Waals surface area (Å²) in [6.07, 6.45) is 1.48. The van der Waals surface area contributed by atoms with Crippen LogP contribution >= 0.6 is 0 Å². The molecule has 1 aromatic rings. The lowest BCUT2D eigenvalue weighted by Gasteiger charge is -2.27. The summed E-state index contributed by atoms with van der Waals surface area (Å²) in [5, 5.41) is 13.4. The van der Waals surface area contributed by atoms with Crippen molar-refractivity contribution in [1.29, 1.82) is 0 Å². The SMILES string of the molecule is CC[C@H](C)[C@H](NC)C(O)Cc1ccccc1. The van der Waals surface area contributed by atoms with E-state index in [1.807, 2.05) is 25.2 Å². The van der Waals surface area contributed by atoms with Crippen molar-refractivity contribution < 1.29 is 5.11 Å². The smallest absolute Gasteiger partial charge is 0.0735 e. The second-order valence-electron chi connectivity index (χ2n) is 4.46. The standard InChI is InChI=1S/C14H23NO/c1-4-11(2)14(15-3)13(16)10-12-8-6-5-7-9-12/h5-9,11,13-16H,4,10H2,1-3H3/t11-,13?,14-/m0/s1. The van der Waals surface area contributed by atoms with Gasteiger partial charge in [-0.2, -0.15) is 0 Å². The monoisotopic (exact) mass is 221 g/mol. The summed E-state index contributed by atoms with van der Waals surface area (Å²) in [6, 6.07) is 10.3. The van der Waals surface area contributed by atoms with Gasteiger partial charge in [-0.1, -0.05) is 50.6 Å². The van der Waals surface area contributed by atoms with Crippen LogP contribution in [-0.2, 0) is 6.42 Å². The molecule has 0 aliphatic carbocycles. The zero-order chi connectivity index (χ0) is 12.0. The number of rotatable bonds is 6. The van der Waals surface area contributed by atoms with Crippen LogP contribution in [0.2, 0.25) is 0 Å². The third kappa shape index (κ3) is 3.62. The van der Waals surface area contributed by atoms with Gasteiger partial charge in [0.25, 0.3) is 0 Å². The zero-order valence-corrected chi connectivity index (χ0v) is 10.5. The molecule has 1 rings (SSSR count). The first-order chi connectivity index (χ1) is 7.69. The Kier molecular flexibility index (Phi) is 5.50. The van der Waals surface area contributed by atoms with E-state index >= 15 is 0 Å². The van der Waals surface area contributed by atoms with Crippen molar-refractivity contribution in [3.05, 3.63) is 35.9 Å². The lowest BCUT2D eigenvalue weighted by atomic mass is 9.91. The highest BCUT2D eigenvalue weighted by molar-refractivity contribution is 5.16. The van der Waals surface area contributed by atoms with E-state index in [0.29, 0.717) is 5.92 Å². The fraction of sp³-hybridized carbons (Fsp3) is 0.571. The minimum Gasteiger partial charge on any atom is -0.391 e. The van der Waals surface area contributed by atoms with Gasteiger partial charge in [0.15, 0.2) is 0 Å². The Balaban J connectivity index is 2.59. The van der Waals surface area contributed by atoms with Crippen LogP contribution in [0.1, 0.15) is 25.8 Å². The van der Waals surface area contributed by atoms with Gasteiger partial charge >= 0.3 is 0 Å². The molecule has 3 atom stereocenters. The van der Waals surface area contributed by atoms with E-state index in [1.54, 1.807) is 0 Å². The van der Waals surface area contributed by atoms with Crippen LogP contribution in [0, 0.1) is 5.92 Å². The second kappa shape index (κ2) is 6.66. The summed E-state index contributed by atoms with van der Waals surface area (Å²) in [5.74, 6) is 0.490. The minimum atomic E-state index is -0.317. The molecule has 1 aromatic carbocycles. The molecule has 1 unspecified atom stereocenters. The Morgan fingerprint density at radius 3 is 2.38 bits per heavy atom. The summed E-state index contributed by atoms with van der Waals surface area (Å²) >= 11 is 0. The van der Waals surface area contributed by atoms with Crippen LogP contribution in [0.15, 0.2) is 30.3 Å². The van der Waals surface area contributed by atoms with Crippen LogP contribution < -0.4 is 5.32 Å². The van der Waals surface area contributed by atoms with E-state index in [4.69, 9.17) is 0 Å². The van der Waals surface area contributed by atoms with Gasteiger partial charge in [-0.15, -0.1) is 0 Å². The Labute approximate surface area is 98.7 Å². The molecule has 0 heterocycles.